The van der Waals surface area contributed by atoms with Crippen LogP contribution in [0.15, 0.2) is 60.7 Å². The Bertz CT molecular complexity index is 799. The first-order chi connectivity index (χ1) is 10.4. The second-order valence-electron chi connectivity index (χ2n) is 5.82. The maximum Gasteiger partial charge on any atom is 0.0323 e. The Morgan fingerprint density at radius 1 is 0.952 bits per heavy atom. The molecule has 3 aromatic rings. The third-order valence-corrected chi connectivity index (χ3v) is 4.67. The lowest BCUT2D eigenvalue weighted by Crippen LogP contribution is -2.12. The van der Waals surface area contributed by atoms with Gasteiger partial charge in [0.2, 0.25) is 0 Å². The van der Waals surface area contributed by atoms with Gasteiger partial charge in [-0.15, -0.1) is 0 Å². The summed E-state index contributed by atoms with van der Waals surface area (Å²) in [6.45, 7) is 0. The van der Waals surface area contributed by atoms with Crippen molar-refractivity contribution < 1.29 is 0 Å². The van der Waals surface area contributed by atoms with Gasteiger partial charge in [0.15, 0.2) is 0 Å². The van der Waals surface area contributed by atoms with Gasteiger partial charge in [0, 0.05) is 6.04 Å². The maximum atomic E-state index is 3.41. The van der Waals surface area contributed by atoms with Crippen molar-refractivity contribution in [1.29, 1.82) is 0 Å². The molecule has 1 atom stereocenters. The smallest absolute Gasteiger partial charge is 0.0323 e. The van der Waals surface area contributed by atoms with Crippen molar-refractivity contribution in [3.8, 4) is 11.1 Å². The van der Waals surface area contributed by atoms with Crippen molar-refractivity contribution in [1.82, 2.24) is 5.32 Å². The summed E-state index contributed by atoms with van der Waals surface area (Å²) in [6.07, 6.45) is 2.39. The molecular formula is C20H19N. The zero-order chi connectivity index (χ0) is 14.2. The number of aryl methyl sites for hydroxylation is 1. The van der Waals surface area contributed by atoms with Crippen LogP contribution in [0.25, 0.3) is 21.9 Å². The summed E-state index contributed by atoms with van der Waals surface area (Å²) in [7, 11) is 2.05. The average Bonchev–Trinajstić information content (AvgIpc) is 2.96. The van der Waals surface area contributed by atoms with E-state index < -0.39 is 0 Å². The van der Waals surface area contributed by atoms with Crippen LogP contribution in [0, 0.1) is 0 Å². The van der Waals surface area contributed by atoms with Crippen LogP contribution in [0.4, 0.5) is 0 Å². The van der Waals surface area contributed by atoms with Crippen LogP contribution in [0.5, 0.6) is 0 Å². The van der Waals surface area contributed by atoms with E-state index in [4.69, 9.17) is 0 Å². The second-order valence-corrected chi connectivity index (χ2v) is 5.82. The van der Waals surface area contributed by atoms with E-state index in [0.717, 1.165) is 0 Å². The Morgan fingerprint density at radius 3 is 2.71 bits per heavy atom. The molecule has 3 aromatic carbocycles. The van der Waals surface area contributed by atoms with E-state index in [9.17, 15) is 0 Å². The standard InChI is InChI=1S/C20H19N/c1-21-20-12-10-16-13-15(9-11-19(16)20)18-8-4-6-14-5-2-3-7-17(14)18/h2-9,11,13,20-21H,10,12H2,1H3. The summed E-state index contributed by atoms with van der Waals surface area (Å²) in [5.74, 6) is 0. The number of benzene rings is 3. The van der Waals surface area contributed by atoms with Gasteiger partial charge in [-0.1, -0.05) is 60.7 Å². The predicted molar refractivity (Wildman–Crippen MR) is 89.5 cm³/mol. The molecule has 1 unspecified atom stereocenters. The lowest BCUT2D eigenvalue weighted by Gasteiger charge is -2.12. The zero-order valence-corrected chi connectivity index (χ0v) is 12.3. The highest BCUT2D eigenvalue weighted by Crippen LogP contribution is 2.35. The Morgan fingerprint density at radius 2 is 1.81 bits per heavy atom. The molecule has 21 heavy (non-hydrogen) atoms. The number of rotatable bonds is 2. The quantitative estimate of drug-likeness (QED) is 0.712. The van der Waals surface area contributed by atoms with Crippen LogP contribution in [-0.2, 0) is 6.42 Å². The Hall–Kier alpha value is -2.12. The van der Waals surface area contributed by atoms with Gasteiger partial charge in [-0.3, -0.25) is 0 Å². The molecule has 0 fully saturated rings. The maximum absolute atomic E-state index is 3.41. The van der Waals surface area contributed by atoms with Gasteiger partial charge in [0.25, 0.3) is 0 Å². The van der Waals surface area contributed by atoms with Gasteiger partial charge in [-0.25, -0.2) is 0 Å². The first kappa shape index (κ1) is 12.6. The molecule has 4 rings (SSSR count). The van der Waals surface area contributed by atoms with Gasteiger partial charge >= 0.3 is 0 Å². The van der Waals surface area contributed by atoms with Crippen molar-refractivity contribution in [3.05, 3.63) is 71.8 Å². The van der Waals surface area contributed by atoms with Crippen LogP contribution >= 0.6 is 0 Å². The minimum absolute atomic E-state index is 0.529. The predicted octanol–water partition coefficient (Wildman–Crippen LogP) is 4.71. The Balaban J connectivity index is 1.87. The minimum Gasteiger partial charge on any atom is -0.313 e. The van der Waals surface area contributed by atoms with Gasteiger partial charge in [-0.2, -0.15) is 0 Å². The third kappa shape index (κ3) is 2.05. The number of nitrogens with one attached hydrogen (secondary N) is 1. The van der Waals surface area contributed by atoms with E-state index >= 15 is 0 Å². The molecule has 1 aliphatic rings. The highest BCUT2D eigenvalue weighted by Gasteiger charge is 2.21. The van der Waals surface area contributed by atoms with Gasteiger partial charge in [0.05, 0.1) is 0 Å². The first-order valence-corrected chi connectivity index (χ1v) is 7.65. The zero-order valence-electron chi connectivity index (χ0n) is 12.3. The van der Waals surface area contributed by atoms with E-state index in [1.807, 2.05) is 0 Å². The fourth-order valence-corrected chi connectivity index (χ4v) is 3.56. The third-order valence-electron chi connectivity index (χ3n) is 4.67. The van der Waals surface area contributed by atoms with Crippen LogP contribution in [0.2, 0.25) is 0 Å². The van der Waals surface area contributed by atoms with Crippen molar-refractivity contribution in [2.75, 3.05) is 7.05 Å². The summed E-state index contributed by atoms with van der Waals surface area (Å²) < 4.78 is 0. The molecule has 0 heterocycles. The lowest BCUT2D eigenvalue weighted by atomic mass is 9.95. The highest BCUT2D eigenvalue weighted by molar-refractivity contribution is 5.96. The SMILES string of the molecule is CNC1CCc2cc(-c3cccc4ccccc34)ccc21. The number of hydrogen-bond acceptors (Lipinski definition) is 1. The molecule has 0 radical (unpaired) electrons. The molecule has 1 aliphatic carbocycles. The molecule has 1 N–H and O–H groups in total. The molecule has 0 spiro atoms. The van der Waals surface area contributed by atoms with Crippen LogP contribution in [0.3, 0.4) is 0 Å². The Labute approximate surface area is 125 Å². The number of fused-ring (bicyclic) bond motifs is 2. The van der Waals surface area contributed by atoms with Gasteiger partial charge in [0.1, 0.15) is 0 Å². The van der Waals surface area contributed by atoms with Crippen molar-refractivity contribution in [2.24, 2.45) is 0 Å². The minimum atomic E-state index is 0.529. The molecule has 1 heteroatoms. The number of hydrogen-bond donors (Lipinski definition) is 1. The van der Waals surface area contributed by atoms with E-state index in [2.05, 4.69) is 73.0 Å². The van der Waals surface area contributed by atoms with Crippen molar-refractivity contribution >= 4 is 10.8 Å². The molecule has 0 amide bonds. The molecule has 104 valence electrons. The van der Waals surface area contributed by atoms with E-state index in [-0.39, 0.29) is 0 Å². The molecule has 0 aromatic heterocycles. The van der Waals surface area contributed by atoms with E-state index in [0.29, 0.717) is 6.04 Å². The summed E-state index contributed by atoms with van der Waals surface area (Å²) in [5.41, 5.74) is 5.65. The van der Waals surface area contributed by atoms with Crippen molar-refractivity contribution in [2.45, 2.75) is 18.9 Å². The van der Waals surface area contributed by atoms with Crippen molar-refractivity contribution in [3.63, 3.8) is 0 Å². The monoisotopic (exact) mass is 273 g/mol. The molecule has 0 saturated carbocycles. The molecular weight excluding hydrogens is 254 g/mol. The molecule has 0 saturated heterocycles. The van der Waals surface area contributed by atoms with Crippen LogP contribution in [0.1, 0.15) is 23.6 Å². The summed E-state index contributed by atoms with van der Waals surface area (Å²) in [6, 6.07) is 22.7. The lowest BCUT2D eigenvalue weighted by molar-refractivity contribution is 0.590. The summed E-state index contributed by atoms with van der Waals surface area (Å²) in [5, 5.41) is 6.05. The Kier molecular flexibility index (Phi) is 3.01. The topological polar surface area (TPSA) is 12.0 Å². The van der Waals surface area contributed by atoms with Crippen LogP contribution in [-0.4, -0.2) is 7.05 Å². The molecule has 0 aliphatic heterocycles. The second kappa shape index (κ2) is 5.01. The highest BCUT2D eigenvalue weighted by atomic mass is 14.9. The van der Waals surface area contributed by atoms with Crippen LogP contribution < -0.4 is 5.32 Å². The molecule has 0 bridgehead atoms. The summed E-state index contributed by atoms with van der Waals surface area (Å²) >= 11 is 0. The normalized spacial score (nSPS) is 17.1. The average molecular weight is 273 g/mol. The largest absolute Gasteiger partial charge is 0.313 e. The first-order valence-electron chi connectivity index (χ1n) is 7.65. The van der Waals surface area contributed by atoms with Gasteiger partial charge < -0.3 is 5.32 Å². The molecule has 1 nitrogen and oxygen atoms in total. The fraction of sp³-hybridized carbons (Fsp3) is 0.200. The van der Waals surface area contributed by atoms with E-state index in [1.165, 1.54) is 45.9 Å². The van der Waals surface area contributed by atoms with Gasteiger partial charge in [-0.05, 0) is 52.9 Å². The van der Waals surface area contributed by atoms with E-state index in [1.54, 1.807) is 0 Å². The summed E-state index contributed by atoms with van der Waals surface area (Å²) in [4.78, 5) is 0. The fourth-order valence-electron chi connectivity index (χ4n) is 3.56.